The largest absolute Gasteiger partial charge is 0.480 e. The van der Waals surface area contributed by atoms with E-state index in [1.54, 1.807) is 0 Å². The van der Waals surface area contributed by atoms with E-state index in [9.17, 15) is 9.59 Å². The van der Waals surface area contributed by atoms with Gasteiger partial charge in [0.05, 0.1) is 0 Å². The molecule has 0 unspecified atom stereocenters. The summed E-state index contributed by atoms with van der Waals surface area (Å²) in [6.45, 7) is 2.00. The number of carboxylic acid groups (broad SMARTS) is 1. The molecular weight excluding hydrogens is 276 g/mol. The second kappa shape index (κ2) is 9.10. The van der Waals surface area contributed by atoms with Gasteiger partial charge >= 0.3 is 12.0 Å². The Morgan fingerprint density at radius 2 is 1.95 bits per heavy atom. The highest BCUT2D eigenvalue weighted by molar-refractivity contribution is 7.99. The summed E-state index contributed by atoms with van der Waals surface area (Å²) in [6, 6.07) is -0.947. The zero-order chi connectivity index (χ0) is 15.0. The minimum absolute atomic E-state index is 0.180. The number of rotatable bonds is 7. The summed E-state index contributed by atoms with van der Waals surface area (Å²) in [7, 11) is 0. The van der Waals surface area contributed by atoms with Gasteiger partial charge in [0.1, 0.15) is 6.04 Å². The van der Waals surface area contributed by atoms with Crippen molar-refractivity contribution >= 4 is 23.8 Å². The number of hydrogen-bond donors (Lipinski definition) is 3. The van der Waals surface area contributed by atoms with Crippen molar-refractivity contribution in [3.63, 3.8) is 0 Å². The number of carbonyl (C=O) groups excluding carboxylic acids is 1. The van der Waals surface area contributed by atoms with E-state index >= 15 is 0 Å². The molecule has 1 fully saturated rings. The Labute approximate surface area is 125 Å². The summed E-state index contributed by atoms with van der Waals surface area (Å²) in [5.41, 5.74) is 0. The Balaban J connectivity index is 2.32. The van der Waals surface area contributed by atoms with Crippen LogP contribution in [-0.2, 0) is 4.79 Å². The number of hydrogen-bond acceptors (Lipinski definition) is 3. The van der Waals surface area contributed by atoms with Gasteiger partial charge in [-0.15, -0.1) is 0 Å². The predicted molar refractivity (Wildman–Crippen MR) is 82.2 cm³/mol. The van der Waals surface area contributed by atoms with Crippen LogP contribution in [0, 0.1) is 0 Å². The van der Waals surface area contributed by atoms with Gasteiger partial charge in [-0.2, -0.15) is 11.8 Å². The lowest BCUT2D eigenvalue weighted by Gasteiger charge is -2.28. The topological polar surface area (TPSA) is 78.4 Å². The Kier molecular flexibility index (Phi) is 7.80. The molecule has 0 saturated heterocycles. The molecule has 1 aliphatic carbocycles. The number of aliphatic carboxylic acids is 1. The molecule has 3 N–H and O–H groups in total. The van der Waals surface area contributed by atoms with Crippen LogP contribution in [0.4, 0.5) is 4.79 Å². The first kappa shape index (κ1) is 17.1. The van der Waals surface area contributed by atoms with Gasteiger partial charge in [-0.25, -0.2) is 9.59 Å². The van der Waals surface area contributed by atoms with Gasteiger partial charge in [0, 0.05) is 11.3 Å². The van der Waals surface area contributed by atoms with Crippen LogP contribution in [0.3, 0.4) is 0 Å². The van der Waals surface area contributed by atoms with Crippen molar-refractivity contribution in [2.24, 2.45) is 0 Å². The van der Waals surface area contributed by atoms with Crippen LogP contribution in [-0.4, -0.2) is 40.7 Å². The van der Waals surface area contributed by atoms with Gasteiger partial charge in [-0.05, 0) is 38.4 Å². The number of nitrogens with one attached hydrogen (secondary N) is 2. The standard InChI is InChI=1S/C14H26N2O3S/c1-3-4-5-12(13(17)18)16-14(19)15-10-6-8-11(20-2)9-7-10/h10-12H,3-9H2,1-2H3,(H,17,18)(H2,15,16,19)/t10?,11?,12-/m0/s1. The van der Waals surface area contributed by atoms with Crippen molar-refractivity contribution in [2.45, 2.75) is 69.2 Å². The van der Waals surface area contributed by atoms with Crippen LogP contribution in [0.2, 0.25) is 0 Å². The minimum Gasteiger partial charge on any atom is -0.480 e. The summed E-state index contributed by atoms with van der Waals surface area (Å²) in [4.78, 5) is 22.9. The Hall–Kier alpha value is -0.910. The second-order valence-electron chi connectivity index (χ2n) is 5.36. The maximum absolute atomic E-state index is 11.8. The average molecular weight is 302 g/mol. The van der Waals surface area contributed by atoms with E-state index < -0.39 is 12.0 Å². The van der Waals surface area contributed by atoms with Crippen LogP contribution < -0.4 is 10.6 Å². The summed E-state index contributed by atoms with van der Waals surface area (Å²) < 4.78 is 0. The Morgan fingerprint density at radius 1 is 1.30 bits per heavy atom. The number of amides is 2. The van der Waals surface area contributed by atoms with Crippen molar-refractivity contribution in [1.29, 1.82) is 0 Å². The molecule has 6 heteroatoms. The van der Waals surface area contributed by atoms with E-state index in [4.69, 9.17) is 5.11 Å². The van der Waals surface area contributed by atoms with Gasteiger partial charge in [0.25, 0.3) is 0 Å². The first-order valence-corrected chi connectivity index (χ1v) is 8.68. The van der Waals surface area contributed by atoms with Crippen molar-refractivity contribution in [3.8, 4) is 0 Å². The molecule has 0 aromatic heterocycles. The molecule has 2 amide bonds. The maximum Gasteiger partial charge on any atom is 0.326 e. The molecule has 1 rings (SSSR count). The summed E-state index contributed by atoms with van der Waals surface area (Å²) in [5, 5.41) is 15.2. The molecule has 5 nitrogen and oxygen atoms in total. The van der Waals surface area contributed by atoms with Crippen molar-refractivity contribution < 1.29 is 14.7 Å². The molecule has 20 heavy (non-hydrogen) atoms. The van der Waals surface area contributed by atoms with Crippen molar-refractivity contribution in [2.75, 3.05) is 6.26 Å². The van der Waals surface area contributed by atoms with Gasteiger partial charge < -0.3 is 15.7 Å². The molecule has 1 atom stereocenters. The second-order valence-corrected chi connectivity index (χ2v) is 6.50. The summed E-state index contributed by atoms with van der Waals surface area (Å²) >= 11 is 1.88. The molecule has 0 radical (unpaired) electrons. The van der Waals surface area contributed by atoms with E-state index in [1.165, 1.54) is 0 Å². The number of urea groups is 1. The predicted octanol–water partition coefficient (Wildman–Crippen LogP) is 2.60. The zero-order valence-corrected chi connectivity index (χ0v) is 13.2. The molecule has 0 heterocycles. The summed E-state index contributed by atoms with van der Waals surface area (Å²) in [5.74, 6) is -0.959. The maximum atomic E-state index is 11.8. The highest BCUT2D eigenvalue weighted by Gasteiger charge is 2.24. The molecule has 1 aliphatic rings. The van der Waals surface area contributed by atoms with E-state index in [2.05, 4.69) is 16.9 Å². The molecule has 0 aromatic carbocycles. The van der Waals surface area contributed by atoms with Crippen LogP contribution in [0.1, 0.15) is 51.9 Å². The number of unbranched alkanes of at least 4 members (excludes halogenated alkanes) is 1. The van der Waals surface area contributed by atoms with Crippen LogP contribution in [0.15, 0.2) is 0 Å². The van der Waals surface area contributed by atoms with E-state index in [0.717, 1.165) is 38.5 Å². The van der Waals surface area contributed by atoms with E-state index in [-0.39, 0.29) is 12.1 Å². The van der Waals surface area contributed by atoms with E-state index in [1.807, 2.05) is 18.7 Å². The molecular formula is C14H26N2O3S. The third-order valence-electron chi connectivity index (χ3n) is 3.79. The number of carboxylic acids is 1. The number of thioether (sulfide) groups is 1. The normalized spacial score (nSPS) is 23.9. The average Bonchev–Trinajstić information content (AvgIpc) is 2.44. The fourth-order valence-electron chi connectivity index (χ4n) is 2.49. The molecule has 0 bridgehead atoms. The first-order valence-electron chi connectivity index (χ1n) is 7.39. The van der Waals surface area contributed by atoms with Crippen LogP contribution >= 0.6 is 11.8 Å². The Bertz CT molecular complexity index is 318. The lowest BCUT2D eigenvalue weighted by Crippen LogP contribution is -2.49. The smallest absolute Gasteiger partial charge is 0.326 e. The highest BCUT2D eigenvalue weighted by atomic mass is 32.2. The van der Waals surface area contributed by atoms with Gasteiger partial charge in [0.2, 0.25) is 0 Å². The fourth-order valence-corrected chi connectivity index (χ4v) is 3.24. The monoisotopic (exact) mass is 302 g/mol. The SMILES string of the molecule is CCCC[C@H](NC(=O)NC1CCC(SC)CC1)C(=O)O. The molecule has 116 valence electrons. The molecule has 1 saturated carbocycles. The van der Waals surface area contributed by atoms with Crippen molar-refractivity contribution in [3.05, 3.63) is 0 Å². The molecule has 0 aromatic rings. The minimum atomic E-state index is -0.959. The lowest BCUT2D eigenvalue weighted by molar-refractivity contribution is -0.139. The molecule has 0 spiro atoms. The summed E-state index contributed by atoms with van der Waals surface area (Å²) in [6.07, 6.45) is 8.52. The van der Waals surface area contributed by atoms with Gasteiger partial charge in [0.15, 0.2) is 0 Å². The third kappa shape index (κ3) is 6.03. The third-order valence-corrected chi connectivity index (χ3v) is 4.93. The quantitative estimate of drug-likeness (QED) is 0.675. The van der Waals surface area contributed by atoms with Crippen molar-refractivity contribution in [1.82, 2.24) is 10.6 Å². The first-order chi connectivity index (χ1) is 9.56. The lowest BCUT2D eigenvalue weighted by atomic mass is 9.95. The fraction of sp³-hybridized carbons (Fsp3) is 0.857. The number of carbonyl (C=O) groups is 2. The zero-order valence-electron chi connectivity index (χ0n) is 12.4. The molecule has 0 aliphatic heterocycles. The van der Waals surface area contributed by atoms with Crippen LogP contribution in [0.5, 0.6) is 0 Å². The highest BCUT2D eigenvalue weighted by Crippen LogP contribution is 2.26. The van der Waals surface area contributed by atoms with Gasteiger partial charge in [-0.3, -0.25) is 0 Å². The van der Waals surface area contributed by atoms with Gasteiger partial charge in [-0.1, -0.05) is 19.8 Å². The van der Waals surface area contributed by atoms with Crippen LogP contribution in [0.25, 0.3) is 0 Å². The van der Waals surface area contributed by atoms with E-state index in [0.29, 0.717) is 11.7 Å². The Morgan fingerprint density at radius 3 is 2.45 bits per heavy atom.